The molecular weight excluding hydrogens is 890 g/mol. The first kappa shape index (κ1) is 44.7. The van der Waals surface area contributed by atoms with E-state index in [1.807, 2.05) is 0 Å². The topological polar surface area (TPSA) is 117 Å². The van der Waals surface area contributed by atoms with Crippen molar-refractivity contribution in [3.8, 4) is 22.8 Å². The van der Waals surface area contributed by atoms with Gasteiger partial charge in [-0.2, -0.15) is 18.3 Å². The minimum absolute atomic E-state index is 0.0279. The first-order valence-corrected chi connectivity index (χ1v) is 27.9. The lowest BCUT2D eigenvalue weighted by atomic mass is 9.99. The number of rotatable bonds is 19. The number of alkyl halides is 3. The first-order chi connectivity index (χ1) is 25.5. The third-order valence-electron chi connectivity index (χ3n) is 8.59. The zero-order valence-electron chi connectivity index (χ0n) is 32.7. The van der Waals surface area contributed by atoms with Crippen molar-refractivity contribution < 1.29 is 44.9 Å². The van der Waals surface area contributed by atoms with Crippen molar-refractivity contribution in [3.63, 3.8) is 0 Å². The molecule has 2 heterocycles. The summed E-state index contributed by atoms with van der Waals surface area (Å²) < 4.78 is 109. The Morgan fingerprint density at radius 2 is 1.62 bits per heavy atom. The zero-order valence-corrected chi connectivity index (χ0v) is 37.6. The van der Waals surface area contributed by atoms with Crippen LogP contribution in [0.2, 0.25) is 51.4 Å². The average Bonchev–Trinajstić information content (AvgIpc) is 3.38. The van der Waals surface area contributed by atoms with E-state index >= 15 is 4.39 Å². The number of hydrogen-bond donors (Lipinski definition) is 1. The Bertz CT molecular complexity index is 2070. The molecule has 0 bridgehead atoms. The number of methoxy groups -OCH3 is 1. The number of pyridine rings is 1. The number of fused-ring (bicyclic) bond motifs is 1. The smallest absolute Gasteiger partial charge is 0.393 e. The molecule has 55 heavy (non-hydrogen) atoms. The number of halogens is 5. The second-order valence-corrected chi connectivity index (χ2v) is 30.0. The molecule has 304 valence electrons. The molecule has 0 aliphatic rings. The Hall–Kier alpha value is -2.99. The van der Waals surface area contributed by atoms with Gasteiger partial charge in [-0.05, 0) is 82.2 Å². The van der Waals surface area contributed by atoms with Crippen LogP contribution in [0.5, 0.6) is 11.5 Å². The summed E-state index contributed by atoms with van der Waals surface area (Å²) in [4.78, 5) is 4.76. The molecule has 4 rings (SSSR count). The van der Waals surface area contributed by atoms with Crippen LogP contribution in [0, 0.1) is 9.52 Å². The number of benzene rings is 2. The van der Waals surface area contributed by atoms with E-state index in [4.69, 9.17) is 23.9 Å². The van der Waals surface area contributed by atoms with E-state index in [1.54, 1.807) is 28.9 Å². The van der Waals surface area contributed by atoms with E-state index in [2.05, 4.69) is 72.3 Å². The predicted molar refractivity (Wildman–Crippen MR) is 223 cm³/mol. The third kappa shape index (κ3) is 13.0. The van der Waals surface area contributed by atoms with Crippen LogP contribution in [0.4, 0.5) is 29.1 Å². The van der Waals surface area contributed by atoms with Gasteiger partial charge in [-0.15, -0.1) is 0 Å². The third-order valence-corrected chi connectivity index (χ3v) is 13.9. The number of nitrogens with zero attached hydrogens (tertiary/aromatic N) is 4. The largest absolute Gasteiger partial charge is 0.497 e. The van der Waals surface area contributed by atoms with Gasteiger partial charge in [-0.1, -0.05) is 39.3 Å². The Morgan fingerprint density at radius 3 is 2.22 bits per heavy atom. The van der Waals surface area contributed by atoms with Crippen LogP contribution in [-0.4, -0.2) is 85.9 Å². The summed E-state index contributed by atoms with van der Waals surface area (Å²) in [5, 5.41) is 8.48. The molecule has 0 unspecified atom stereocenters. The predicted octanol–water partition coefficient (Wildman–Crippen LogP) is 8.97. The van der Waals surface area contributed by atoms with E-state index < -0.39 is 44.6 Å². The highest BCUT2D eigenvalue weighted by Gasteiger charge is 2.31. The molecule has 0 atom stereocenters. The molecule has 0 saturated heterocycles. The van der Waals surface area contributed by atoms with Gasteiger partial charge in [0.2, 0.25) is 10.0 Å². The summed E-state index contributed by atoms with van der Waals surface area (Å²) in [6.07, 6.45) is -4.93. The van der Waals surface area contributed by atoms with Crippen LogP contribution >= 0.6 is 22.6 Å². The van der Waals surface area contributed by atoms with Gasteiger partial charge in [0.1, 0.15) is 22.0 Å². The molecule has 0 radical (unpaired) electrons. The summed E-state index contributed by atoms with van der Waals surface area (Å²) in [5.74, 6) is -0.543. The van der Waals surface area contributed by atoms with Gasteiger partial charge in [-0.3, -0.25) is 4.31 Å². The van der Waals surface area contributed by atoms with E-state index in [0.29, 0.717) is 44.8 Å². The number of aromatic nitrogens is 3. The van der Waals surface area contributed by atoms with Crippen LogP contribution in [-0.2, 0) is 39.2 Å². The fourth-order valence-electron chi connectivity index (χ4n) is 5.39. The standard InChI is InChI=1S/C36H50F4IN5O6SSi2/c1-45(53(3,47)48)30-11-10-26(49-2)16-25(30)21-42-35-33-31(46(44-34(33)41)22-50-12-14-54(4,5)6)19-29(43-35)27-18-28(37)32(17-24(27)20-36(38,39)40)52-23-51-13-15-55(7,8)9/h10-11,16-19H,12-15,20-23H2,1-9H3,(H,42,43). The van der Waals surface area contributed by atoms with Crippen LogP contribution in [0.1, 0.15) is 11.1 Å². The maximum absolute atomic E-state index is 15.7. The number of sulfonamides is 1. The highest BCUT2D eigenvalue weighted by atomic mass is 127. The highest BCUT2D eigenvalue weighted by Crippen LogP contribution is 2.38. The molecule has 0 saturated carbocycles. The lowest BCUT2D eigenvalue weighted by molar-refractivity contribution is -0.127. The Labute approximate surface area is 336 Å². The highest BCUT2D eigenvalue weighted by molar-refractivity contribution is 14.1. The summed E-state index contributed by atoms with van der Waals surface area (Å²) in [7, 11) is -3.55. The molecule has 0 amide bonds. The SMILES string of the molecule is COc1ccc(N(C)S(C)(=O)=O)c(CNc2nc(-c3cc(F)c(OCOCC[Si](C)(C)C)cc3CC(F)(F)F)cc3c2c(I)nn3COCC[Si](C)(C)C)c1. The summed E-state index contributed by atoms with van der Waals surface area (Å²) in [6.45, 7) is 13.9. The number of ether oxygens (including phenoxy) is 4. The van der Waals surface area contributed by atoms with Crippen molar-refractivity contribution >= 4 is 71.2 Å². The Balaban J connectivity index is 1.83. The fraction of sp³-hybridized carbons (Fsp3) is 0.500. The number of anilines is 2. The molecule has 1 N–H and O–H groups in total. The second-order valence-electron chi connectivity index (χ2n) is 15.7. The molecular formula is C36H50F4IN5O6SSi2. The van der Waals surface area contributed by atoms with Crippen LogP contribution in [0.3, 0.4) is 0 Å². The van der Waals surface area contributed by atoms with Crippen molar-refractivity contribution in [2.75, 3.05) is 50.0 Å². The lowest BCUT2D eigenvalue weighted by Gasteiger charge is -2.21. The molecule has 0 aliphatic heterocycles. The van der Waals surface area contributed by atoms with Gasteiger partial charge < -0.3 is 24.3 Å². The van der Waals surface area contributed by atoms with Crippen molar-refractivity contribution in [1.29, 1.82) is 0 Å². The fourth-order valence-corrected chi connectivity index (χ4v) is 8.23. The monoisotopic (exact) mass is 939 g/mol. The summed E-state index contributed by atoms with van der Waals surface area (Å²) in [6, 6.07) is 10.3. The molecule has 11 nitrogen and oxygen atoms in total. The molecule has 0 aliphatic carbocycles. The summed E-state index contributed by atoms with van der Waals surface area (Å²) >= 11 is 2.05. The molecule has 4 aromatic rings. The number of nitrogens with one attached hydrogen (secondary N) is 1. The van der Waals surface area contributed by atoms with E-state index in [9.17, 15) is 21.6 Å². The van der Waals surface area contributed by atoms with Crippen molar-refractivity contribution in [3.05, 3.63) is 57.0 Å². The molecule has 2 aromatic carbocycles. The Morgan fingerprint density at radius 1 is 0.964 bits per heavy atom. The van der Waals surface area contributed by atoms with E-state index in [0.717, 1.165) is 34.8 Å². The molecule has 0 spiro atoms. The van der Waals surface area contributed by atoms with E-state index in [1.165, 1.54) is 14.2 Å². The minimum Gasteiger partial charge on any atom is -0.497 e. The van der Waals surface area contributed by atoms with Gasteiger partial charge in [-0.25, -0.2) is 22.5 Å². The Kier molecular flexibility index (Phi) is 14.7. The van der Waals surface area contributed by atoms with Crippen molar-refractivity contribution in [2.24, 2.45) is 0 Å². The molecule has 19 heteroatoms. The summed E-state index contributed by atoms with van der Waals surface area (Å²) in [5.41, 5.74) is 1.10. The van der Waals surface area contributed by atoms with E-state index in [-0.39, 0.29) is 48.5 Å². The van der Waals surface area contributed by atoms with Gasteiger partial charge >= 0.3 is 6.18 Å². The van der Waals surface area contributed by atoms with Crippen molar-refractivity contribution in [2.45, 2.75) is 77.2 Å². The van der Waals surface area contributed by atoms with Crippen LogP contribution < -0.4 is 19.1 Å². The first-order valence-electron chi connectivity index (χ1n) is 17.6. The second kappa shape index (κ2) is 18.1. The van der Waals surface area contributed by atoms with Gasteiger partial charge in [0, 0.05) is 48.5 Å². The van der Waals surface area contributed by atoms with Crippen molar-refractivity contribution in [1.82, 2.24) is 14.8 Å². The normalized spacial score (nSPS) is 12.7. The molecule has 0 fully saturated rings. The quantitative estimate of drug-likeness (QED) is 0.0324. The molecule has 2 aromatic heterocycles. The van der Waals surface area contributed by atoms with Gasteiger partial charge in [0.05, 0.1) is 42.1 Å². The lowest BCUT2D eigenvalue weighted by Crippen LogP contribution is -2.26. The van der Waals surface area contributed by atoms with Gasteiger partial charge in [0.25, 0.3) is 0 Å². The zero-order chi connectivity index (χ0) is 40.9. The average molecular weight is 940 g/mol. The van der Waals surface area contributed by atoms with Gasteiger partial charge in [0.15, 0.2) is 18.4 Å². The maximum atomic E-state index is 15.7. The van der Waals surface area contributed by atoms with Crippen LogP contribution in [0.15, 0.2) is 36.4 Å². The number of hydrogen-bond acceptors (Lipinski definition) is 9. The minimum atomic E-state index is -4.64. The maximum Gasteiger partial charge on any atom is 0.393 e. The van der Waals surface area contributed by atoms with Crippen LogP contribution in [0.25, 0.3) is 22.2 Å².